The van der Waals surface area contributed by atoms with E-state index in [1.807, 2.05) is 36.4 Å². The summed E-state index contributed by atoms with van der Waals surface area (Å²) >= 11 is 6.10. The standard InChI is InChI=1S/C27H27ClN6O/c28-20-3-1-2-17(9-20)23-11-24(23)27(35)33-25-10-21(6-7-30-25)31-13-22-15-34-14-19(16-4-5-16)8-18(12-29)26(34)32-22/h1-3,6-10,14-16,23-24H,4-5,11-13,29H2,(H2,30,31,33,35)/t23-,24+/m1/s1. The molecule has 2 saturated carbocycles. The molecule has 4 aromatic rings. The minimum absolute atomic E-state index is 0.0132. The average molecular weight is 487 g/mol. The molecule has 3 aromatic heterocycles. The van der Waals surface area contributed by atoms with Gasteiger partial charge in [0, 0.05) is 53.4 Å². The van der Waals surface area contributed by atoms with E-state index in [4.69, 9.17) is 22.3 Å². The number of hydrogen-bond donors (Lipinski definition) is 3. The average Bonchev–Trinajstić information content (AvgIpc) is 3.78. The Hall–Kier alpha value is -3.42. The molecule has 2 aliphatic rings. The summed E-state index contributed by atoms with van der Waals surface area (Å²) < 4.78 is 2.09. The van der Waals surface area contributed by atoms with Gasteiger partial charge >= 0.3 is 0 Å². The maximum absolute atomic E-state index is 12.7. The van der Waals surface area contributed by atoms with Gasteiger partial charge in [-0.3, -0.25) is 4.79 Å². The van der Waals surface area contributed by atoms with Crippen LogP contribution in [0.2, 0.25) is 5.02 Å². The van der Waals surface area contributed by atoms with E-state index in [1.54, 1.807) is 6.20 Å². The number of rotatable bonds is 8. The molecule has 0 aliphatic heterocycles. The molecule has 3 heterocycles. The summed E-state index contributed by atoms with van der Waals surface area (Å²) in [5, 5.41) is 7.05. The van der Waals surface area contributed by atoms with E-state index < -0.39 is 0 Å². The maximum Gasteiger partial charge on any atom is 0.229 e. The Bertz CT molecular complexity index is 1410. The van der Waals surface area contributed by atoms with E-state index in [-0.39, 0.29) is 17.7 Å². The molecule has 35 heavy (non-hydrogen) atoms. The molecule has 0 saturated heterocycles. The number of carbonyl (C=O) groups excluding carboxylic acids is 1. The number of imidazole rings is 1. The van der Waals surface area contributed by atoms with E-state index in [2.05, 4.69) is 38.5 Å². The van der Waals surface area contributed by atoms with E-state index in [0.717, 1.165) is 34.6 Å². The van der Waals surface area contributed by atoms with Gasteiger partial charge in [-0.25, -0.2) is 9.97 Å². The van der Waals surface area contributed by atoms with Gasteiger partial charge in [-0.15, -0.1) is 0 Å². The molecule has 2 fully saturated rings. The Morgan fingerprint density at radius 2 is 2.03 bits per heavy atom. The van der Waals surface area contributed by atoms with Gasteiger partial charge in [0.2, 0.25) is 5.91 Å². The third-order valence-corrected chi connectivity index (χ3v) is 7.09. The van der Waals surface area contributed by atoms with Crippen LogP contribution in [0, 0.1) is 5.92 Å². The molecule has 1 amide bonds. The molecule has 8 heteroatoms. The van der Waals surface area contributed by atoms with Crippen LogP contribution in [0.25, 0.3) is 5.65 Å². The fourth-order valence-electron chi connectivity index (χ4n) is 4.73. The van der Waals surface area contributed by atoms with Crippen molar-refractivity contribution in [3.63, 3.8) is 0 Å². The van der Waals surface area contributed by atoms with Crippen LogP contribution in [0.4, 0.5) is 11.5 Å². The van der Waals surface area contributed by atoms with Gasteiger partial charge in [-0.05, 0) is 66.5 Å². The number of hydrogen-bond acceptors (Lipinski definition) is 5. The molecule has 1 aromatic carbocycles. The van der Waals surface area contributed by atoms with Gasteiger partial charge in [0.05, 0.1) is 12.2 Å². The van der Waals surface area contributed by atoms with Crippen molar-refractivity contribution in [3.05, 3.63) is 88.5 Å². The molecule has 178 valence electrons. The first kappa shape index (κ1) is 22.1. The number of nitrogens with zero attached hydrogens (tertiary/aromatic N) is 3. The highest BCUT2D eigenvalue weighted by atomic mass is 35.5. The van der Waals surface area contributed by atoms with Gasteiger partial charge in [-0.1, -0.05) is 23.7 Å². The molecular formula is C27H27ClN6O. The Balaban J connectivity index is 1.10. The Morgan fingerprint density at radius 3 is 2.83 bits per heavy atom. The lowest BCUT2D eigenvalue weighted by molar-refractivity contribution is -0.117. The lowest BCUT2D eigenvalue weighted by atomic mass is 10.1. The van der Waals surface area contributed by atoms with Crippen molar-refractivity contribution in [2.45, 2.75) is 44.2 Å². The number of nitrogens with two attached hydrogens (primary N) is 1. The summed E-state index contributed by atoms with van der Waals surface area (Å²) in [6.45, 7) is 1.03. The van der Waals surface area contributed by atoms with Gasteiger partial charge in [0.1, 0.15) is 11.5 Å². The number of carbonyl (C=O) groups is 1. The smallest absolute Gasteiger partial charge is 0.229 e. The van der Waals surface area contributed by atoms with E-state index in [9.17, 15) is 4.79 Å². The minimum Gasteiger partial charge on any atom is -0.379 e. The Morgan fingerprint density at radius 1 is 1.14 bits per heavy atom. The van der Waals surface area contributed by atoms with E-state index >= 15 is 0 Å². The number of fused-ring (bicyclic) bond motifs is 1. The fourth-order valence-corrected chi connectivity index (χ4v) is 4.93. The molecule has 0 radical (unpaired) electrons. The number of amides is 1. The van der Waals surface area contributed by atoms with Crippen molar-refractivity contribution in [3.8, 4) is 0 Å². The first-order valence-electron chi connectivity index (χ1n) is 12.0. The van der Waals surface area contributed by atoms with Crippen LogP contribution in [0.5, 0.6) is 0 Å². The Labute approximate surface area is 208 Å². The summed E-state index contributed by atoms with van der Waals surface area (Å²) in [6.07, 6.45) is 9.25. The summed E-state index contributed by atoms with van der Waals surface area (Å²) in [7, 11) is 0. The second-order valence-electron chi connectivity index (χ2n) is 9.52. The van der Waals surface area contributed by atoms with Gasteiger partial charge < -0.3 is 20.8 Å². The van der Waals surface area contributed by atoms with Gasteiger partial charge in [0.25, 0.3) is 0 Å². The molecule has 6 rings (SSSR count). The normalized spacial score (nSPS) is 19.0. The molecule has 0 bridgehead atoms. The first-order valence-corrected chi connectivity index (χ1v) is 12.4. The van der Waals surface area contributed by atoms with Crippen LogP contribution in [0.3, 0.4) is 0 Å². The number of benzene rings is 1. The zero-order chi connectivity index (χ0) is 23.9. The van der Waals surface area contributed by atoms with Crippen molar-refractivity contribution in [2.75, 3.05) is 10.6 Å². The summed E-state index contributed by atoms with van der Waals surface area (Å²) in [4.78, 5) is 21.9. The lowest BCUT2D eigenvalue weighted by Crippen LogP contribution is -2.15. The highest BCUT2D eigenvalue weighted by Gasteiger charge is 2.44. The summed E-state index contributed by atoms with van der Waals surface area (Å²) in [5.41, 5.74) is 12.2. The van der Waals surface area contributed by atoms with Crippen LogP contribution in [-0.4, -0.2) is 20.3 Å². The first-order chi connectivity index (χ1) is 17.1. The number of pyridine rings is 2. The van der Waals surface area contributed by atoms with Crippen molar-refractivity contribution in [2.24, 2.45) is 11.7 Å². The third kappa shape index (κ3) is 4.74. The third-order valence-electron chi connectivity index (χ3n) is 6.86. The number of aromatic nitrogens is 3. The molecule has 0 spiro atoms. The zero-order valence-electron chi connectivity index (χ0n) is 19.2. The lowest BCUT2D eigenvalue weighted by Gasteiger charge is -2.08. The highest BCUT2D eigenvalue weighted by molar-refractivity contribution is 6.30. The molecule has 2 aliphatic carbocycles. The minimum atomic E-state index is -0.0536. The molecular weight excluding hydrogens is 460 g/mol. The van der Waals surface area contributed by atoms with Crippen LogP contribution in [0.1, 0.15) is 53.5 Å². The van der Waals surface area contributed by atoms with Crippen LogP contribution in [-0.2, 0) is 17.9 Å². The van der Waals surface area contributed by atoms with E-state index in [1.165, 1.54) is 18.4 Å². The van der Waals surface area contributed by atoms with E-state index in [0.29, 0.717) is 29.8 Å². The fraction of sp³-hybridized carbons (Fsp3) is 0.296. The predicted octanol–water partition coefficient (Wildman–Crippen LogP) is 5.07. The van der Waals surface area contributed by atoms with Gasteiger partial charge in [0.15, 0.2) is 0 Å². The largest absolute Gasteiger partial charge is 0.379 e. The van der Waals surface area contributed by atoms with Crippen molar-refractivity contribution in [1.29, 1.82) is 0 Å². The molecule has 0 unspecified atom stereocenters. The van der Waals surface area contributed by atoms with Crippen molar-refractivity contribution >= 4 is 34.7 Å². The Kier molecular flexibility index (Phi) is 5.66. The maximum atomic E-state index is 12.7. The molecule has 7 nitrogen and oxygen atoms in total. The number of halogens is 1. The quantitative estimate of drug-likeness (QED) is 0.323. The van der Waals surface area contributed by atoms with Crippen LogP contribution < -0.4 is 16.4 Å². The summed E-state index contributed by atoms with van der Waals surface area (Å²) in [6, 6.07) is 13.7. The van der Waals surface area contributed by atoms with Gasteiger partial charge in [-0.2, -0.15) is 0 Å². The predicted molar refractivity (Wildman–Crippen MR) is 138 cm³/mol. The van der Waals surface area contributed by atoms with Crippen molar-refractivity contribution < 1.29 is 4.79 Å². The van der Waals surface area contributed by atoms with Crippen molar-refractivity contribution in [1.82, 2.24) is 14.4 Å². The second-order valence-corrected chi connectivity index (χ2v) is 9.95. The molecule has 4 N–H and O–H groups in total. The summed E-state index contributed by atoms with van der Waals surface area (Å²) in [5.74, 6) is 1.34. The second kappa shape index (κ2) is 8.98. The number of anilines is 2. The number of nitrogens with one attached hydrogen (secondary N) is 2. The van der Waals surface area contributed by atoms with Crippen LogP contribution in [0.15, 0.2) is 61.1 Å². The molecule has 2 atom stereocenters. The zero-order valence-corrected chi connectivity index (χ0v) is 20.0. The highest BCUT2D eigenvalue weighted by Crippen LogP contribution is 2.48. The topological polar surface area (TPSA) is 97.3 Å². The SMILES string of the molecule is NCc1cc(C2CC2)cn2cc(CNc3ccnc(NC(=O)[C@H]4C[C@@H]4c4cccc(Cl)c4)c3)nc12. The van der Waals surface area contributed by atoms with Crippen LogP contribution >= 0.6 is 11.6 Å². The monoisotopic (exact) mass is 486 g/mol.